The molecule has 0 unspecified atom stereocenters. The first-order valence-corrected chi connectivity index (χ1v) is 5.35. The second-order valence-electron chi connectivity index (χ2n) is 3.90. The van der Waals surface area contributed by atoms with Gasteiger partial charge in [0.1, 0.15) is 5.82 Å². The highest BCUT2D eigenvalue weighted by Crippen LogP contribution is 2.17. The quantitative estimate of drug-likeness (QED) is 0.853. The number of anilines is 2. The van der Waals surface area contributed by atoms with Gasteiger partial charge in [0, 0.05) is 6.20 Å². The maximum absolute atomic E-state index is 13.6. The zero-order chi connectivity index (χ0) is 13.1. The SMILES string of the molecule is Cc1ccc(C(=O)Nc2ccncc2N)c(F)c1. The summed E-state index contributed by atoms with van der Waals surface area (Å²) < 4.78 is 13.6. The molecule has 4 nitrogen and oxygen atoms in total. The van der Waals surface area contributed by atoms with Crippen molar-refractivity contribution in [3.05, 3.63) is 53.6 Å². The molecule has 0 atom stereocenters. The van der Waals surface area contributed by atoms with Crippen LogP contribution in [-0.2, 0) is 0 Å². The van der Waals surface area contributed by atoms with Crippen molar-refractivity contribution in [1.82, 2.24) is 4.98 Å². The Labute approximate surface area is 104 Å². The van der Waals surface area contributed by atoms with Gasteiger partial charge in [0.15, 0.2) is 0 Å². The summed E-state index contributed by atoms with van der Waals surface area (Å²) in [6.45, 7) is 1.76. The number of aromatic nitrogens is 1. The lowest BCUT2D eigenvalue weighted by Gasteiger charge is -2.08. The summed E-state index contributed by atoms with van der Waals surface area (Å²) in [5.74, 6) is -1.09. The van der Waals surface area contributed by atoms with Gasteiger partial charge in [0.2, 0.25) is 0 Å². The zero-order valence-electron chi connectivity index (χ0n) is 9.77. The van der Waals surface area contributed by atoms with E-state index in [-0.39, 0.29) is 5.56 Å². The summed E-state index contributed by atoms with van der Waals surface area (Å²) in [6.07, 6.45) is 2.92. The Morgan fingerprint density at radius 2 is 2.17 bits per heavy atom. The maximum atomic E-state index is 13.6. The lowest BCUT2D eigenvalue weighted by atomic mass is 10.1. The molecule has 92 valence electrons. The first kappa shape index (κ1) is 12.0. The van der Waals surface area contributed by atoms with Gasteiger partial charge in [-0.2, -0.15) is 0 Å². The molecule has 2 rings (SSSR count). The molecule has 0 fully saturated rings. The molecule has 1 aromatic carbocycles. The van der Waals surface area contributed by atoms with E-state index in [0.29, 0.717) is 11.4 Å². The number of hydrogen-bond donors (Lipinski definition) is 2. The number of nitrogens with zero attached hydrogens (tertiary/aromatic N) is 1. The molecular formula is C13H12FN3O. The fourth-order valence-electron chi connectivity index (χ4n) is 1.51. The average Bonchev–Trinajstić information content (AvgIpc) is 2.32. The molecule has 1 aromatic heterocycles. The Morgan fingerprint density at radius 3 is 2.83 bits per heavy atom. The van der Waals surface area contributed by atoms with Crippen LogP contribution in [0.4, 0.5) is 15.8 Å². The summed E-state index contributed by atoms with van der Waals surface area (Å²) in [6, 6.07) is 5.98. The Bertz CT molecular complexity index is 599. The molecule has 0 radical (unpaired) electrons. The smallest absolute Gasteiger partial charge is 0.258 e. The van der Waals surface area contributed by atoms with Gasteiger partial charge in [0.05, 0.1) is 23.1 Å². The minimum absolute atomic E-state index is 0.0168. The number of hydrogen-bond acceptors (Lipinski definition) is 3. The van der Waals surface area contributed by atoms with Crippen LogP contribution in [0.2, 0.25) is 0 Å². The molecule has 18 heavy (non-hydrogen) atoms. The summed E-state index contributed by atoms with van der Waals surface area (Å²) in [4.78, 5) is 15.7. The monoisotopic (exact) mass is 245 g/mol. The van der Waals surface area contributed by atoms with E-state index >= 15 is 0 Å². The van der Waals surface area contributed by atoms with Gasteiger partial charge in [-0.05, 0) is 30.7 Å². The van der Waals surface area contributed by atoms with Crippen LogP contribution in [0.3, 0.4) is 0 Å². The van der Waals surface area contributed by atoms with E-state index in [1.807, 2.05) is 0 Å². The number of rotatable bonds is 2. The van der Waals surface area contributed by atoms with E-state index in [0.717, 1.165) is 5.56 Å². The van der Waals surface area contributed by atoms with E-state index in [1.54, 1.807) is 19.1 Å². The first-order chi connectivity index (χ1) is 8.58. The number of nitrogens with one attached hydrogen (secondary N) is 1. The van der Waals surface area contributed by atoms with Crippen molar-refractivity contribution in [2.24, 2.45) is 0 Å². The molecule has 2 aromatic rings. The van der Waals surface area contributed by atoms with Gasteiger partial charge >= 0.3 is 0 Å². The van der Waals surface area contributed by atoms with Crippen molar-refractivity contribution in [2.45, 2.75) is 6.92 Å². The van der Waals surface area contributed by atoms with Crippen LogP contribution in [0.1, 0.15) is 15.9 Å². The number of aryl methyl sites for hydroxylation is 1. The second kappa shape index (κ2) is 4.83. The third-order valence-corrected chi connectivity index (χ3v) is 2.47. The molecular weight excluding hydrogens is 233 g/mol. The fraction of sp³-hybridized carbons (Fsp3) is 0.0769. The van der Waals surface area contributed by atoms with E-state index < -0.39 is 11.7 Å². The number of pyridine rings is 1. The average molecular weight is 245 g/mol. The number of halogens is 1. The van der Waals surface area contributed by atoms with Gasteiger partial charge in [-0.3, -0.25) is 9.78 Å². The molecule has 0 aliphatic carbocycles. The van der Waals surface area contributed by atoms with Crippen molar-refractivity contribution in [1.29, 1.82) is 0 Å². The van der Waals surface area contributed by atoms with Crippen LogP contribution >= 0.6 is 0 Å². The lowest BCUT2D eigenvalue weighted by Crippen LogP contribution is -2.15. The summed E-state index contributed by atoms with van der Waals surface area (Å²) >= 11 is 0. The number of nitrogen functional groups attached to an aromatic ring is 1. The molecule has 0 saturated carbocycles. The van der Waals surface area contributed by atoms with Gasteiger partial charge in [0.25, 0.3) is 5.91 Å². The number of carbonyl (C=O) groups excluding carboxylic acids is 1. The highest BCUT2D eigenvalue weighted by molar-refractivity contribution is 6.05. The Hall–Kier alpha value is -2.43. The van der Waals surface area contributed by atoms with Crippen LogP contribution < -0.4 is 11.1 Å². The molecule has 0 spiro atoms. The van der Waals surface area contributed by atoms with E-state index in [4.69, 9.17) is 5.73 Å². The Kier molecular flexibility index (Phi) is 3.23. The molecule has 1 heterocycles. The Balaban J connectivity index is 2.25. The molecule has 3 N–H and O–H groups in total. The van der Waals surface area contributed by atoms with Crippen LogP contribution in [0.5, 0.6) is 0 Å². The van der Waals surface area contributed by atoms with Gasteiger partial charge in [-0.25, -0.2) is 4.39 Å². The molecule has 0 saturated heterocycles. The van der Waals surface area contributed by atoms with E-state index in [9.17, 15) is 9.18 Å². The van der Waals surface area contributed by atoms with Gasteiger partial charge in [-0.1, -0.05) is 6.07 Å². The number of carbonyl (C=O) groups is 1. The van der Waals surface area contributed by atoms with Crippen LogP contribution in [0.15, 0.2) is 36.7 Å². The molecule has 1 amide bonds. The van der Waals surface area contributed by atoms with E-state index in [2.05, 4.69) is 10.3 Å². The van der Waals surface area contributed by atoms with Gasteiger partial charge in [-0.15, -0.1) is 0 Å². The zero-order valence-corrected chi connectivity index (χ0v) is 9.77. The van der Waals surface area contributed by atoms with Crippen molar-refractivity contribution >= 4 is 17.3 Å². The van der Waals surface area contributed by atoms with Crippen molar-refractivity contribution in [3.63, 3.8) is 0 Å². The minimum atomic E-state index is -0.555. The largest absolute Gasteiger partial charge is 0.396 e. The number of nitrogens with two attached hydrogens (primary N) is 1. The lowest BCUT2D eigenvalue weighted by molar-refractivity contribution is 0.102. The van der Waals surface area contributed by atoms with E-state index in [1.165, 1.54) is 24.5 Å². The fourth-order valence-corrected chi connectivity index (χ4v) is 1.51. The van der Waals surface area contributed by atoms with Crippen LogP contribution in [0.25, 0.3) is 0 Å². The molecule has 0 aliphatic heterocycles. The third-order valence-electron chi connectivity index (χ3n) is 2.47. The summed E-state index contributed by atoms with van der Waals surface area (Å²) in [7, 11) is 0. The second-order valence-corrected chi connectivity index (χ2v) is 3.90. The number of amides is 1. The topological polar surface area (TPSA) is 68.0 Å². The standard InChI is InChI=1S/C13H12FN3O/c1-8-2-3-9(10(14)6-8)13(18)17-12-4-5-16-7-11(12)15/h2-7H,15H2,1H3,(H,16,17,18). The number of benzene rings is 1. The van der Waals surface area contributed by atoms with Crippen molar-refractivity contribution in [3.8, 4) is 0 Å². The van der Waals surface area contributed by atoms with Crippen molar-refractivity contribution in [2.75, 3.05) is 11.1 Å². The van der Waals surface area contributed by atoms with Crippen molar-refractivity contribution < 1.29 is 9.18 Å². The molecule has 5 heteroatoms. The predicted molar refractivity (Wildman–Crippen MR) is 67.7 cm³/mol. The normalized spacial score (nSPS) is 10.1. The van der Waals surface area contributed by atoms with Crippen LogP contribution in [-0.4, -0.2) is 10.9 Å². The van der Waals surface area contributed by atoms with Gasteiger partial charge < -0.3 is 11.1 Å². The van der Waals surface area contributed by atoms with Crippen LogP contribution in [0, 0.1) is 12.7 Å². The highest BCUT2D eigenvalue weighted by atomic mass is 19.1. The summed E-state index contributed by atoms with van der Waals surface area (Å²) in [5.41, 5.74) is 7.12. The third kappa shape index (κ3) is 2.45. The maximum Gasteiger partial charge on any atom is 0.258 e. The highest BCUT2D eigenvalue weighted by Gasteiger charge is 2.12. The first-order valence-electron chi connectivity index (χ1n) is 5.35. The molecule has 0 bridgehead atoms. The summed E-state index contributed by atoms with van der Waals surface area (Å²) in [5, 5.41) is 2.54. The molecule has 0 aliphatic rings. The minimum Gasteiger partial charge on any atom is -0.396 e. The predicted octanol–water partition coefficient (Wildman–Crippen LogP) is 2.36. The Morgan fingerprint density at radius 1 is 1.39 bits per heavy atom.